The first-order valence-electron chi connectivity index (χ1n) is 11.3. The number of hydrogen-bond donors (Lipinski definition) is 2. The Bertz CT molecular complexity index is 1130. The van der Waals surface area contributed by atoms with Crippen molar-refractivity contribution in [3.8, 4) is 11.5 Å². The monoisotopic (exact) mass is 555 g/mol. The molecule has 2 aliphatic rings. The van der Waals surface area contributed by atoms with E-state index in [2.05, 4.69) is 9.80 Å². The van der Waals surface area contributed by atoms with Crippen LogP contribution < -0.4 is 20.1 Å². The van der Waals surface area contributed by atoms with Crippen LogP contribution in [0.25, 0.3) is 6.08 Å². The quantitative estimate of drug-likeness (QED) is 0.514. The fraction of sp³-hybridized carbons (Fsp3) is 0.360. The number of ether oxygens (including phenoxy) is 2. The van der Waals surface area contributed by atoms with Crippen LogP contribution in [0.2, 0.25) is 15.1 Å². The third-order valence-electron chi connectivity index (χ3n) is 5.82. The number of rotatable bonds is 7. The van der Waals surface area contributed by atoms with Gasteiger partial charge in [-0.05, 0) is 49.4 Å². The molecule has 2 aromatic rings. The lowest BCUT2D eigenvalue weighted by atomic mass is 10.1. The Morgan fingerprint density at radius 2 is 1.81 bits per heavy atom. The molecule has 0 aromatic heterocycles. The highest BCUT2D eigenvalue weighted by molar-refractivity contribution is 6.44. The number of aliphatic carboxylic acids is 1. The van der Waals surface area contributed by atoms with E-state index >= 15 is 0 Å². The van der Waals surface area contributed by atoms with Crippen LogP contribution in [0.5, 0.6) is 11.5 Å². The Balaban J connectivity index is 0.000000221. The van der Waals surface area contributed by atoms with Crippen molar-refractivity contribution in [2.75, 3.05) is 51.3 Å². The molecule has 194 valence electrons. The Labute approximate surface area is 225 Å². The van der Waals surface area contributed by atoms with Gasteiger partial charge in [0.2, 0.25) is 5.91 Å². The molecule has 1 saturated heterocycles. The molecule has 3 N–H and O–H groups in total. The van der Waals surface area contributed by atoms with E-state index in [4.69, 9.17) is 55.1 Å². The number of nitrogens with zero attached hydrogens (tertiary/aromatic N) is 2. The number of nitrogens with two attached hydrogens (primary N) is 1. The molecule has 1 amide bonds. The molecule has 11 heteroatoms. The van der Waals surface area contributed by atoms with E-state index in [-0.39, 0.29) is 18.1 Å². The summed E-state index contributed by atoms with van der Waals surface area (Å²) in [6.07, 6.45) is 2.83. The van der Waals surface area contributed by atoms with Crippen LogP contribution in [0.4, 0.5) is 5.69 Å². The van der Waals surface area contributed by atoms with Gasteiger partial charge < -0.3 is 25.2 Å². The maximum atomic E-state index is 10.8. The third-order valence-corrected chi connectivity index (χ3v) is 6.91. The highest BCUT2D eigenvalue weighted by Crippen LogP contribution is 2.39. The minimum Gasteiger partial charge on any atom is -0.495 e. The number of amides is 1. The Hall–Kier alpha value is -2.65. The number of halogens is 3. The lowest BCUT2D eigenvalue weighted by Gasteiger charge is -2.36. The lowest BCUT2D eigenvalue weighted by molar-refractivity contribution is -0.133. The summed E-state index contributed by atoms with van der Waals surface area (Å²) in [5.74, 6) is 0.0498. The van der Waals surface area contributed by atoms with Gasteiger partial charge in [-0.2, -0.15) is 0 Å². The zero-order valence-electron chi connectivity index (χ0n) is 19.8. The van der Waals surface area contributed by atoms with E-state index in [1.165, 1.54) is 0 Å². The van der Waals surface area contributed by atoms with E-state index in [0.29, 0.717) is 38.6 Å². The first kappa shape index (κ1) is 27.9. The van der Waals surface area contributed by atoms with Crippen molar-refractivity contribution in [1.29, 1.82) is 0 Å². The standard InChI is InChI=1S/C15H21Cl2N3O2.C10H7ClO3/c1-22-12-5-4-11(14(16)15(12)17)20-9-7-19(8-10-20)6-2-3-13(18)21;11-8-1-2-9-6(4-8)3-7(5-14-9)10(12)13/h4-5H,2-3,6-10H2,1H3,(H2,18,21);1-4H,5H2,(H,12,13). The minimum absolute atomic E-state index is 0.101. The van der Waals surface area contributed by atoms with E-state index in [1.807, 2.05) is 12.1 Å². The number of benzene rings is 2. The molecule has 0 atom stereocenters. The summed E-state index contributed by atoms with van der Waals surface area (Å²) in [4.78, 5) is 26.0. The van der Waals surface area contributed by atoms with Gasteiger partial charge in [-0.1, -0.05) is 34.8 Å². The van der Waals surface area contributed by atoms with Crippen molar-refractivity contribution in [3.05, 3.63) is 56.5 Å². The van der Waals surface area contributed by atoms with Crippen molar-refractivity contribution in [2.24, 2.45) is 5.73 Å². The molecule has 4 rings (SSSR count). The number of carbonyl (C=O) groups excluding carboxylic acids is 1. The van der Waals surface area contributed by atoms with Crippen molar-refractivity contribution < 1.29 is 24.2 Å². The van der Waals surface area contributed by atoms with Gasteiger partial charge in [0.15, 0.2) is 0 Å². The maximum Gasteiger partial charge on any atom is 0.335 e. The molecular weight excluding hydrogens is 529 g/mol. The molecule has 1 fully saturated rings. The number of carboxylic acids is 1. The zero-order chi connectivity index (χ0) is 26.2. The Morgan fingerprint density at radius 1 is 1.08 bits per heavy atom. The number of primary amides is 1. The molecule has 2 aromatic carbocycles. The van der Waals surface area contributed by atoms with Crippen LogP contribution >= 0.6 is 34.8 Å². The summed E-state index contributed by atoms with van der Waals surface area (Å²) < 4.78 is 10.4. The summed E-state index contributed by atoms with van der Waals surface area (Å²) in [6.45, 7) is 4.60. The molecule has 8 nitrogen and oxygen atoms in total. The largest absolute Gasteiger partial charge is 0.495 e. The van der Waals surface area contributed by atoms with E-state index < -0.39 is 5.97 Å². The SMILES string of the molecule is COc1ccc(N2CCN(CCCC(N)=O)CC2)c(Cl)c1Cl.O=C(O)C1=Cc2cc(Cl)ccc2OC1. The topological polar surface area (TPSA) is 105 Å². The van der Waals surface area contributed by atoms with Crippen LogP contribution in [0.15, 0.2) is 35.9 Å². The smallest absolute Gasteiger partial charge is 0.335 e. The second-order valence-corrected chi connectivity index (χ2v) is 9.45. The summed E-state index contributed by atoms with van der Waals surface area (Å²) >= 11 is 18.3. The van der Waals surface area contributed by atoms with Gasteiger partial charge in [0.1, 0.15) is 23.1 Å². The van der Waals surface area contributed by atoms with E-state index in [0.717, 1.165) is 44.8 Å². The Morgan fingerprint density at radius 3 is 2.44 bits per heavy atom. The maximum absolute atomic E-state index is 10.8. The third kappa shape index (κ3) is 7.43. The van der Waals surface area contributed by atoms with Crippen LogP contribution in [-0.2, 0) is 9.59 Å². The molecular formula is C25H28Cl3N3O5. The summed E-state index contributed by atoms with van der Waals surface area (Å²) in [5.41, 5.74) is 7.04. The molecule has 0 radical (unpaired) electrons. The van der Waals surface area contributed by atoms with Gasteiger partial charge >= 0.3 is 5.97 Å². The normalized spacial score (nSPS) is 15.1. The van der Waals surface area contributed by atoms with Gasteiger partial charge in [-0.15, -0.1) is 0 Å². The average molecular weight is 557 g/mol. The predicted molar refractivity (Wildman–Crippen MR) is 143 cm³/mol. The average Bonchev–Trinajstić information content (AvgIpc) is 2.86. The number of carbonyl (C=O) groups is 2. The van der Waals surface area contributed by atoms with Gasteiger partial charge in [0, 0.05) is 43.2 Å². The van der Waals surface area contributed by atoms with E-state index in [1.54, 1.807) is 31.4 Å². The van der Waals surface area contributed by atoms with Gasteiger partial charge in [0.25, 0.3) is 0 Å². The van der Waals surface area contributed by atoms with Crippen LogP contribution in [-0.4, -0.2) is 68.3 Å². The lowest BCUT2D eigenvalue weighted by Crippen LogP contribution is -2.46. The van der Waals surface area contributed by atoms with Crippen LogP contribution in [0.1, 0.15) is 18.4 Å². The van der Waals surface area contributed by atoms with Crippen molar-refractivity contribution in [1.82, 2.24) is 4.90 Å². The molecule has 0 saturated carbocycles. The fourth-order valence-corrected chi connectivity index (χ4v) is 4.58. The molecule has 36 heavy (non-hydrogen) atoms. The number of anilines is 1. The first-order chi connectivity index (χ1) is 17.2. The van der Waals surface area contributed by atoms with E-state index in [9.17, 15) is 9.59 Å². The second-order valence-electron chi connectivity index (χ2n) is 8.26. The highest BCUT2D eigenvalue weighted by atomic mass is 35.5. The summed E-state index contributed by atoms with van der Waals surface area (Å²) in [5, 5.41) is 10.3. The summed E-state index contributed by atoms with van der Waals surface area (Å²) in [6, 6.07) is 8.89. The zero-order valence-corrected chi connectivity index (χ0v) is 22.1. The number of hydrogen-bond acceptors (Lipinski definition) is 6. The number of fused-ring (bicyclic) bond motifs is 1. The number of methoxy groups -OCH3 is 1. The van der Waals surface area contributed by atoms with Crippen molar-refractivity contribution in [3.63, 3.8) is 0 Å². The van der Waals surface area contributed by atoms with Gasteiger partial charge in [0.05, 0.1) is 23.4 Å². The predicted octanol–water partition coefficient (Wildman–Crippen LogP) is 4.59. The Kier molecular flexibility index (Phi) is 10.1. The summed E-state index contributed by atoms with van der Waals surface area (Å²) in [7, 11) is 1.57. The second kappa shape index (κ2) is 13.1. The number of carboxylic acid groups (broad SMARTS) is 1. The first-order valence-corrected chi connectivity index (χ1v) is 12.5. The molecule has 2 aliphatic heterocycles. The molecule has 0 bridgehead atoms. The van der Waals surface area contributed by atoms with Gasteiger partial charge in [-0.3, -0.25) is 9.69 Å². The van der Waals surface area contributed by atoms with Crippen LogP contribution in [0.3, 0.4) is 0 Å². The minimum atomic E-state index is -0.962. The van der Waals surface area contributed by atoms with Crippen molar-refractivity contribution >= 4 is 58.4 Å². The highest BCUT2D eigenvalue weighted by Gasteiger charge is 2.21. The molecule has 0 spiro atoms. The molecule has 2 heterocycles. The van der Waals surface area contributed by atoms with Crippen molar-refractivity contribution in [2.45, 2.75) is 12.8 Å². The van der Waals surface area contributed by atoms with Crippen LogP contribution in [0, 0.1) is 0 Å². The fourth-order valence-electron chi connectivity index (χ4n) is 3.88. The van der Waals surface area contributed by atoms with Gasteiger partial charge in [-0.25, -0.2) is 4.79 Å². The number of piperazine rings is 1. The molecule has 0 unspecified atom stereocenters. The molecule has 0 aliphatic carbocycles.